The summed E-state index contributed by atoms with van der Waals surface area (Å²) in [5.41, 5.74) is 3.97. The molecule has 0 aliphatic carbocycles. The van der Waals surface area contributed by atoms with Crippen LogP contribution in [0.1, 0.15) is 12.0 Å². The van der Waals surface area contributed by atoms with Crippen molar-refractivity contribution >= 4 is 44.5 Å². The number of aromatic nitrogens is 2. The van der Waals surface area contributed by atoms with Crippen LogP contribution in [0.3, 0.4) is 0 Å². The minimum Gasteiger partial charge on any atom is -0.341 e. The summed E-state index contributed by atoms with van der Waals surface area (Å²) >= 11 is 3.45. The van der Waals surface area contributed by atoms with Crippen LogP contribution in [0.25, 0.3) is 11.0 Å². The molecular formula is C21H24BrN5O. The molecule has 0 spiro atoms. The van der Waals surface area contributed by atoms with Crippen molar-refractivity contribution in [1.82, 2.24) is 14.9 Å². The first kappa shape index (κ1) is 19.0. The summed E-state index contributed by atoms with van der Waals surface area (Å²) in [5.74, 6) is 0.945. The number of aryl methyl sites for hydroxylation is 1. The standard InChI is InChI=1S/C21H24BrN5O/c1-15-13-16(22)7-8-17(15)23-20(28)14-26-9-4-10-27(12-11-26)21-24-18-5-2-3-6-19(18)25-21/h2-3,5-8,13H,4,9-12,14H2,1H3,(H,23,28)(H,24,25). The Labute approximate surface area is 173 Å². The molecule has 1 aliphatic heterocycles. The van der Waals surface area contributed by atoms with Crippen molar-refractivity contribution in [3.63, 3.8) is 0 Å². The summed E-state index contributed by atoms with van der Waals surface area (Å²) in [6.45, 7) is 5.93. The Hall–Kier alpha value is -2.38. The number of rotatable bonds is 4. The zero-order valence-corrected chi connectivity index (χ0v) is 17.5. The molecule has 0 unspecified atom stereocenters. The maximum Gasteiger partial charge on any atom is 0.238 e. The van der Waals surface area contributed by atoms with Gasteiger partial charge in [0.05, 0.1) is 17.6 Å². The molecule has 2 aromatic carbocycles. The van der Waals surface area contributed by atoms with Crippen LogP contribution in [0, 0.1) is 6.92 Å². The van der Waals surface area contributed by atoms with E-state index in [0.29, 0.717) is 6.54 Å². The number of anilines is 2. The number of nitrogens with zero attached hydrogens (tertiary/aromatic N) is 3. The number of benzene rings is 2. The van der Waals surface area contributed by atoms with Gasteiger partial charge in [-0.3, -0.25) is 9.69 Å². The molecule has 0 saturated carbocycles. The fourth-order valence-electron chi connectivity index (χ4n) is 3.59. The molecule has 1 saturated heterocycles. The number of aromatic amines is 1. The average Bonchev–Trinajstić information content (AvgIpc) is 2.97. The highest BCUT2D eigenvalue weighted by atomic mass is 79.9. The van der Waals surface area contributed by atoms with E-state index in [1.807, 2.05) is 49.4 Å². The number of halogens is 1. The zero-order valence-electron chi connectivity index (χ0n) is 15.9. The second kappa shape index (κ2) is 8.32. The SMILES string of the molecule is Cc1cc(Br)ccc1NC(=O)CN1CCCN(c2nc3ccccc3[nH]2)CC1. The Morgan fingerprint density at radius 2 is 2.04 bits per heavy atom. The van der Waals surface area contributed by atoms with Crippen LogP contribution in [0.15, 0.2) is 46.9 Å². The van der Waals surface area contributed by atoms with Crippen LogP contribution >= 0.6 is 15.9 Å². The molecule has 4 rings (SSSR count). The normalized spacial score (nSPS) is 15.6. The Bertz CT molecular complexity index is 953. The van der Waals surface area contributed by atoms with Crippen molar-refractivity contribution in [3.05, 3.63) is 52.5 Å². The Morgan fingerprint density at radius 3 is 2.86 bits per heavy atom. The molecule has 0 bridgehead atoms. The average molecular weight is 442 g/mol. The molecule has 3 aromatic rings. The molecule has 1 fully saturated rings. The number of fused-ring (bicyclic) bond motifs is 1. The van der Waals surface area contributed by atoms with E-state index < -0.39 is 0 Å². The van der Waals surface area contributed by atoms with Gasteiger partial charge in [0.15, 0.2) is 0 Å². The van der Waals surface area contributed by atoms with Gasteiger partial charge in [0.2, 0.25) is 11.9 Å². The van der Waals surface area contributed by atoms with Crippen molar-refractivity contribution < 1.29 is 4.79 Å². The van der Waals surface area contributed by atoms with Crippen molar-refractivity contribution in [2.45, 2.75) is 13.3 Å². The Kier molecular flexibility index (Phi) is 5.64. The van der Waals surface area contributed by atoms with Crippen LogP contribution in [-0.4, -0.2) is 53.5 Å². The molecule has 2 heterocycles. The summed E-state index contributed by atoms with van der Waals surface area (Å²) < 4.78 is 1.01. The van der Waals surface area contributed by atoms with Gasteiger partial charge in [0.1, 0.15) is 0 Å². The van der Waals surface area contributed by atoms with Gasteiger partial charge in [-0.25, -0.2) is 4.98 Å². The second-order valence-corrected chi connectivity index (χ2v) is 8.12. The number of carbonyl (C=O) groups is 1. The highest BCUT2D eigenvalue weighted by Crippen LogP contribution is 2.21. The van der Waals surface area contributed by atoms with E-state index in [0.717, 1.165) is 65.3 Å². The van der Waals surface area contributed by atoms with Gasteiger partial charge in [-0.05, 0) is 49.2 Å². The molecular weight excluding hydrogens is 418 g/mol. The number of carbonyl (C=O) groups excluding carboxylic acids is 1. The fourth-order valence-corrected chi connectivity index (χ4v) is 4.07. The van der Waals surface area contributed by atoms with Gasteiger partial charge in [0.25, 0.3) is 0 Å². The van der Waals surface area contributed by atoms with E-state index >= 15 is 0 Å². The van der Waals surface area contributed by atoms with Crippen LogP contribution in [-0.2, 0) is 4.79 Å². The predicted molar refractivity (Wildman–Crippen MR) is 117 cm³/mol. The molecule has 7 heteroatoms. The molecule has 146 valence electrons. The lowest BCUT2D eigenvalue weighted by Crippen LogP contribution is -2.36. The quantitative estimate of drug-likeness (QED) is 0.646. The van der Waals surface area contributed by atoms with Gasteiger partial charge < -0.3 is 15.2 Å². The van der Waals surface area contributed by atoms with Gasteiger partial charge in [-0.1, -0.05) is 28.1 Å². The number of hydrogen-bond acceptors (Lipinski definition) is 4. The van der Waals surface area contributed by atoms with Crippen LogP contribution in [0.4, 0.5) is 11.6 Å². The highest BCUT2D eigenvalue weighted by Gasteiger charge is 2.19. The van der Waals surface area contributed by atoms with Crippen molar-refractivity contribution in [1.29, 1.82) is 0 Å². The first-order chi connectivity index (χ1) is 13.6. The zero-order chi connectivity index (χ0) is 19.5. The Balaban J connectivity index is 1.35. The molecule has 6 nitrogen and oxygen atoms in total. The van der Waals surface area contributed by atoms with Crippen LogP contribution in [0.2, 0.25) is 0 Å². The second-order valence-electron chi connectivity index (χ2n) is 7.20. The molecule has 1 aliphatic rings. The molecule has 1 aromatic heterocycles. The monoisotopic (exact) mass is 441 g/mol. The number of H-pyrrole nitrogens is 1. The highest BCUT2D eigenvalue weighted by molar-refractivity contribution is 9.10. The largest absolute Gasteiger partial charge is 0.341 e. The third kappa shape index (κ3) is 4.36. The lowest BCUT2D eigenvalue weighted by Gasteiger charge is -2.21. The lowest BCUT2D eigenvalue weighted by molar-refractivity contribution is -0.117. The van der Waals surface area contributed by atoms with Crippen LogP contribution < -0.4 is 10.2 Å². The predicted octanol–water partition coefficient (Wildman–Crippen LogP) is 3.78. The summed E-state index contributed by atoms with van der Waals surface area (Å²) in [5, 5.41) is 3.03. The van der Waals surface area contributed by atoms with Gasteiger partial charge in [-0.2, -0.15) is 0 Å². The summed E-state index contributed by atoms with van der Waals surface area (Å²) in [7, 11) is 0. The molecule has 1 amide bonds. The number of hydrogen-bond donors (Lipinski definition) is 2. The topological polar surface area (TPSA) is 64.3 Å². The van der Waals surface area contributed by atoms with Crippen molar-refractivity contribution in [2.75, 3.05) is 42.9 Å². The van der Waals surface area contributed by atoms with E-state index in [1.165, 1.54) is 0 Å². The van der Waals surface area contributed by atoms with E-state index in [-0.39, 0.29) is 5.91 Å². The number of nitrogens with one attached hydrogen (secondary N) is 2. The summed E-state index contributed by atoms with van der Waals surface area (Å²) in [4.78, 5) is 25.1. The van der Waals surface area contributed by atoms with Crippen molar-refractivity contribution in [2.24, 2.45) is 0 Å². The summed E-state index contributed by atoms with van der Waals surface area (Å²) in [6, 6.07) is 14.0. The van der Waals surface area contributed by atoms with E-state index in [9.17, 15) is 4.79 Å². The molecule has 0 atom stereocenters. The lowest BCUT2D eigenvalue weighted by atomic mass is 10.2. The maximum atomic E-state index is 12.5. The fraction of sp³-hybridized carbons (Fsp3) is 0.333. The first-order valence-electron chi connectivity index (χ1n) is 9.56. The van der Waals surface area contributed by atoms with Gasteiger partial charge in [0, 0.05) is 36.3 Å². The number of para-hydroxylation sites is 2. The third-order valence-corrected chi connectivity index (χ3v) is 5.59. The van der Waals surface area contributed by atoms with Crippen molar-refractivity contribution in [3.8, 4) is 0 Å². The minimum atomic E-state index is 0.0302. The molecule has 28 heavy (non-hydrogen) atoms. The molecule has 0 radical (unpaired) electrons. The van der Waals surface area contributed by atoms with E-state index in [1.54, 1.807) is 0 Å². The van der Waals surface area contributed by atoms with Crippen LogP contribution in [0.5, 0.6) is 0 Å². The Morgan fingerprint density at radius 1 is 1.18 bits per heavy atom. The summed E-state index contributed by atoms with van der Waals surface area (Å²) in [6.07, 6.45) is 1.00. The first-order valence-corrected chi connectivity index (χ1v) is 10.4. The number of amides is 1. The maximum absolute atomic E-state index is 12.5. The van der Waals surface area contributed by atoms with E-state index in [4.69, 9.17) is 4.98 Å². The third-order valence-electron chi connectivity index (χ3n) is 5.09. The minimum absolute atomic E-state index is 0.0302. The van der Waals surface area contributed by atoms with E-state index in [2.05, 4.69) is 36.0 Å². The number of imidazole rings is 1. The smallest absolute Gasteiger partial charge is 0.238 e. The van der Waals surface area contributed by atoms with Gasteiger partial charge in [-0.15, -0.1) is 0 Å². The van der Waals surface area contributed by atoms with Gasteiger partial charge >= 0.3 is 0 Å². The molecule has 2 N–H and O–H groups in total.